The highest BCUT2D eigenvalue weighted by Gasteiger charge is 2.10. The molecule has 3 rings (SSSR count). The van der Waals surface area contributed by atoms with E-state index in [1.54, 1.807) is 23.0 Å². The maximum atomic E-state index is 12.1. The monoisotopic (exact) mass is 388 g/mol. The highest BCUT2D eigenvalue weighted by atomic mass is 35.5. The first-order chi connectivity index (χ1) is 12.6. The summed E-state index contributed by atoms with van der Waals surface area (Å²) in [7, 11) is 0. The Balaban J connectivity index is 1.49. The van der Waals surface area contributed by atoms with E-state index in [2.05, 4.69) is 15.7 Å². The number of benzene rings is 1. The van der Waals surface area contributed by atoms with Crippen LogP contribution >= 0.6 is 22.9 Å². The lowest BCUT2D eigenvalue weighted by Crippen LogP contribution is -2.27. The molecule has 1 aromatic carbocycles. The summed E-state index contributed by atoms with van der Waals surface area (Å²) < 4.78 is 1.70. The smallest absolute Gasteiger partial charge is 0.261 e. The van der Waals surface area contributed by atoms with Gasteiger partial charge in [0.25, 0.3) is 5.91 Å². The molecule has 0 bridgehead atoms. The van der Waals surface area contributed by atoms with Crippen molar-refractivity contribution in [3.63, 3.8) is 0 Å². The number of hydrogen-bond acceptors (Lipinski definition) is 4. The topological polar surface area (TPSA) is 76.0 Å². The molecular formula is C18H17ClN4O2S. The Hall–Kier alpha value is -2.64. The Labute approximate surface area is 159 Å². The Morgan fingerprint density at radius 2 is 1.96 bits per heavy atom. The number of halogens is 1. The highest BCUT2D eigenvalue weighted by molar-refractivity contribution is 7.12. The molecule has 0 radical (unpaired) electrons. The molecule has 0 unspecified atom stereocenters. The van der Waals surface area contributed by atoms with Crippen molar-refractivity contribution in [3.8, 4) is 0 Å². The van der Waals surface area contributed by atoms with Crippen molar-refractivity contribution >= 4 is 40.6 Å². The van der Waals surface area contributed by atoms with E-state index < -0.39 is 0 Å². The summed E-state index contributed by atoms with van der Waals surface area (Å²) in [6.45, 7) is 0.794. The third-order valence-electron chi connectivity index (χ3n) is 3.61. The molecule has 0 fully saturated rings. The van der Waals surface area contributed by atoms with Gasteiger partial charge in [0.1, 0.15) is 5.82 Å². The molecule has 134 valence electrons. The summed E-state index contributed by atoms with van der Waals surface area (Å²) in [6, 6.07) is 12.7. The molecule has 0 aliphatic rings. The number of aromatic nitrogens is 2. The third-order valence-corrected chi connectivity index (χ3v) is 4.73. The second kappa shape index (κ2) is 8.64. The normalized spacial score (nSPS) is 10.5. The number of anilines is 1. The molecule has 0 aliphatic heterocycles. The number of rotatable bonds is 7. The molecule has 0 spiro atoms. The van der Waals surface area contributed by atoms with Crippen molar-refractivity contribution in [2.45, 2.75) is 13.0 Å². The number of nitrogens with one attached hydrogen (secondary N) is 2. The van der Waals surface area contributed by atoms with Crippen LogP contribution in [0.15, 0.2) is 54.0 Å². The Morgan fingerprint density at radius 3 is 2.69 bits per heavy atom. The van der Waals surface area contributed by atoms with E-state index in [1.165, 1.54) is 11.3 Å². The Kier molecular flexibility index (Phi) is 6.04. The van der Waals surface area contributed by atoms with Crippen LogP contribution in [0.2, 0.25) is 5.02 Å². The van der Waals surface area contributed by atoms with Gasteiger partial charge in [-0.05, 0) is 29.1 Å². The molecular weight excluding hydrogens is 372 g/mol. The predicted octanol–water partition coefficient (Wildman–Crippen LogP) is 3.40. The zero-order valence-electron chi connectivity index (χ0n) is 13.8. The van der Waals surface area contributed by atoms with E-state index in [-0.39, 0.29) is 24.8 Å². The minimum atomic E-state index is -0.186. The quantitative estimate of drug-likeness (QED) is 0.651. The van der Waals surface area contributed by atoms with Crippen LogP contribution in [-0.2, 0) is 11.3 Å². The first-order valence-electron chi connectivity index (χ1n) is 7.99. The van der Waals surface area contributed by atoms with Crippen LogP contribution in [0.5, 0.6) is 0 Å². The third kappa shape index (κ3) is 4.93. The predicted molar refractivity (Wildman–Crippen MR) is 103 cm³/mol. The van der Waals surface area contributed by atoms with E-state index in [0.29, 0.717) is 22.3 Å². The van der Waals surface area contributed by atoms with Crippen LogP contribution in [0.4, 0.5) is 5.82 Å². The lowest BCUT2D eigenvalue weighted by molar-refractivity contribution is -0.116. The molecule has 2 aromatic heterocycles. The summed E-state index contributed by atoms with van der Waals surface area (Å²) in [6.07, 6.45) is 1.81. The molecule has 8 heteroatoms. The van der Waals surface area contributed by atoms with E-state index in [1.807, 2.05) is 35.7 Å². The summed E-state index contributed by atoms with van der Waals surface area (Å²) >= 11 is 7.25. The molecule has 2 N–H and O–H groups in total. The van der Waals surface area contributed by atoms with Crippen molar-refractivity contribution in [2.24, 2.45) is 0 Å². The highest BCUT2D eigenvalue weighted by Crippen LogP contribution is 2.14. The zero-order valence-corrected chi connectivity index (χ0v) is 15.4. The number of carbonyl (C=O) groups is 2. The van der Waals surface area contributed by atoms with Gasteiger partial charge in [-0.1, -0.05) is 29.8 Å². The summed E-state index contributed by atoms with van der Waals surface area (Å²) in [5.41, 5.74) is 1.02. The van der Waals surface area contributed by atoms with Crippen LogP contribution in [0.1, 0.15) is 21.7 Å². The summed E-state index contributed by atoms with van der Waals surface area (Å²) in [4.78, 5) is 24.6. The second-order valence-corrected chi connectivity index (χ2v) is 6.92. The van der Waals surface area contributed by atoms with Crippen molar-refractivity contribution in [2.75, 3.05) is 11.9 Å². The lowest BCUT2D eigenvalue weighted by Gasteiger charge is -2.09. The molecule has 0 atom stereocenters. The number of nitrogens with zero attached hydrogens (tertiary/aromatic N) is 2. The van der Waals surface area contributed by atoms with Crippen molar-refractivity contribution in [1.29, 1.82) is 0 Å². The summed E-state index contributed by atoms with van der Waals surface area (Å²) in [5, 5.41) is 12.3. The van der Waals surface area contributed by atoms with Gasteiger partial charge in [0.2, 0.25) is 5.91 Å². The molecule has 26 heavy (non-hydrogen) atoms. The van der Waals surface area contributed by atoms with Gasteiger partial charge in [0, 0.05) is 24.1 Å². The van der Waals surface area contributed by atoms with Crippen LogP contribution in [-0.4, -0.2) is 28.1 Å². The average Bonchev–Trinajstić information content (AvgIpc) is 3.29. The molecule has 3 aromatic rings. The molecule has 0 aliphatic carbocycles. The maximum absolute atomic E-state index is 12.1. The lowest BCUT2D eigenvalue weighted by atomic mass is 10.2. The van der Waals surface area contributed by atoms with Gasteiger partial charge < -0.3 is 10.6 Å². The second-order valence-electron chi connectivity index (χ2n) is 5.53. The van der Waals surface area contributed by atoms with Crippen molar-refractivity contribution in [1.82, 2.24) is 15.1 Å². The Bertz CT molecular complexity index is 875. The number of carbonyl (C=O) groups excluding carboxylic acids is 2. The average molecular weight is 389 g/mol. The molecule has 6 nitrogen and oxygen atoms in total. The fraction of sp³-hybridized carbons (Fsp3) is 0.167. The van der Waals surface area contributed by atoms with E-state index in [0.717, 1.165) is 5.56 Å². The fourth-order valence-electron chi connectivity index (χ4n) is 2.32. The number of thiophene rings is 1. The Morgan fingerprint density at radius 1 is 1.15 bits per heavy atom. The van der Waals surface area contributed by atoms with Gasteiger partial charge in [0.15, 0.2) is 0 Å². The standard InChI is InChI=1S/C18H17ClN4O2S/c19-14-5-3-13(4-6-14)12-23-16(7-10-21-23)22-17(24)8-9-20-18(25)15-2-1-11-26-15/h1-7,10-11H,8-9,12H2,(H,20,25)(H,22,24). The minimum absolute atomic E-state index is 0.166. The van der Waals surface area contributed by atoms with E-state index in [9.17, 15) is 9.59 Å². The molecule has 0 saturated carbocycles. The van der Waals surface area contributed by atoms with Crippen molar-refractivity contribution in [3.05, 3.63) is 69.5 Å². The van der Waals surface area contributed by atoms with Crippen LogP contribution in [0.25, 0.3) is 0 Å². The first kappa shape index (κ1) is 18.2. The van der Waals surface area contributed by atoms with Gasteiger partial charge in [-0.25, -0.2) is 4.68 Å². The fourth-order valence-corrected chi connectivity index (χ4v) is 3.08. The minimum Gasteiger partial charge on any atom is -0.351 e. The molecule has 2 amide bonds. The van der Waals surface area contributed by atoms with Crippen LogP contribution < -0.4 is 10.6 Å². The van der Waals surface area contributed by atoms with Gasteiger partial charge in [-0.2, -0.15) is 5.10 Å². The number of hydrogen-bond donors (Lipinski definition) is 2. The first-order valence-corrected chi connectivity index (χ1v) is 9.25. The van der Waals surface area contributed by atoms with Gasteiger partial charge in [-0.15, -0.1) is 11.3 Å². The SMILES string of the molecule is O=C(CCNC(=O)c1cccs1)Nc1ccnn1Cc1ccc(Cl)cc1. The maximum Gasteiger partial charge on any atom is 0.261 e. The van der Waals surface area contributed by atoms with Crippen LogP contribution in [0.3, 0.4) is 0 Å². The number of amides is 2. The van der Waals surface area contributed by atoms with Crippen molar-refractivity contribution < 1.29 is 9.59 Å². The molecule has 0 saturated heterocycles. The van der Waals surface area contributed by atoms with E-state index in [4.69, 9.17) is 11.6 Å². The van der Waals surface area contributed by atoms with Crippen LogP contribution in [0, 0.1) is 0 Å². The van der Waals surface area contributed by atoms with Gasteiger partial charge >= 0.3 is 0 Å². The van der Waals surface area contributed by atoms with Gasteiger partial charge in [-0.3, -0.25) is 9.59 Å². The largest absolute Gasteiger partial charge is 0.351 e. The van der Waals surface area contributed by atoms with E-state index >= 15 is 0 Å². The zero-order chi connectivity index (χ0) is 18.4. The van der Waals surface area contributed by atoms with Gasteiger partial charge in [0.05, 0.1) is 17.6 Å². The molecule has 2 heterocycles. The summed E-state index contributed by atoms with van der Waals surface area (Å²) in [5.74, 6) is 0.254.